The van der Waals surface area contributed by atoms with Gasteiger partial charge in [-0.3, -0.25) is 9.89 Å². The van der Waals surface area contributed by atoms with E-state index < -0.39 is 9.84 Å². The van der Waals surface area contributed by atoms with Gasteiger partial charge in [0.2, 0.25) is 9.84 Å². The van der Waals surface area contributed by atoms with Crippen LogP contribution in [0, 0.1) is 0 Å². The van der Waals surface area contributed by atoms with Crippen molar-refractivity contribution < 1.29 is 17.9 Å². The third kappa shape index (κ3) is 6.37. The lowest BCUT2D eigenvalue weighted by atomic mass is 9.88. The van der Waals surface area contributed by atoms with Crippen LogP contribution in [0.15, 0.2) is 58.5 Å². The molecule has 0 unspecified atom stereocenters. The lowest BCUT2D eigenvalue weighted by Crippen LogP contribution is -2.30. The molecule has 0 bridgehead atoms. The summed E-state index contributed by atoms with van der Waals surface area (Å²) in [5, 5.41) is 13.5. The number of nitrogens with zero attached hydrogens (tertiary/aromatic N) is 3. The summed E-state index contributed by atoms with van der Waals surface area (Å²) in [5.74, 6) is 0.160. The van der Waals surface area contributed by atoms with E-state index in [0.29, 0.717) is 30.2 Å². The summed E-state index contributed by atoms with van der Waals surface area (Å²) in [6.45, 7) is 3.42. The number of aromatic amines is 1. The van der Waals surface area contributed by atoms with Crippen LogP contribution in [0.2, 0.25) is 10.0 Å². The molecule has 2 aliphatic rings. The van der Waals surface area contributed by atoms with E-state index in [1.807, 2.05) is 12.1 Å². The number of aromatic nitrogens is 3. The van der Waals surface area contributed by atoms with Crippen molar-refractivity contribution >= 4 is 61.5 Å². The average Bonchev–Trinajstić information content (AvgIpc) is 3.41. The number of amides is 1. The minimum atomic E-state index is -4.11. The smallest absolute Gasteiger partial charge is 0.259 e. The van der Waals surface area contributed by atoms with Gasteiger partial charge < -0.3 is 20.3 Å². The number of anilines is 2. The van der Waals surface area contributed by atoms with Gasteiger partial charge in [-0.25, -0.2) is 13.4 Å². The molecule has 2 saturated heterocycles. The monoisotopic (exact) mass is 642 g/mol. The van der Waals surface area contributed by atoms with Gasteiger partial charge in [-0.1, -0.05) is 29.3 Å². The first-order valence-corrected chi connectivity index (χ1v) is 16.5. The van der Waals surface area contributed by atoms with Crippen molar-refractivity contribution in [2.45, 2.75) is 47.6 Å². The molecule has 3 N–H and O–H groups in total. The predicted molar refractivity (Wildman–Crippen MR) is 167 cm³/mol. The van der Waals surface area contributed by atoms with Crippen LogP contribution in [0.3, 0.4) is 0 Å². The topological polar surface area (TPSA) is 129 Å². The molecule has 2 aliphatic heterocycles. The predicted octanol–water partition coefficient (Wildman–Crippen LogP) is 5.75. The van der Waals surface area contributed by atoms with Crippen molar-refractivity contribution in [3.05, 3.63) is 69.7 Å². The van der Waals surface area contributed by atoms with Crippen LogP contribution < -0.4 is 10.6 Å². The number of fused-ring (bicyclic) bond motifs is 1. The van der Waals surface area contributed by atoms with Crippen molar-refractivity contribution in [2.75, 3.05) is 44.0 Å². The number of piperidine rings is 1. The molecule has 0 spiro atoms. The van der Waals surface area contributed by atoms with Crippen LogP contribution >= 0.6 is 23.2 Å². The number of pyridine rings is 1. The Bertz CT molecular complexity index is 1770. The third-order valence-corrected chi connectivity index (χ3v) is 10.5. The molecule has 2 aromatic heterocycles. The number of hydrogen-bond acceptors (Lipinski definition) is 8. The van der Waals surface area contributed by atoms with Crippen molar-refractivity contribution in [1.82, 2.24) is 20.1 Å². The highest BCUT2D eigenvalue weighted by molar-refractivity contribution is 7.91. The Balaban J connectivity index is 1.30. The van der Waals surface area contributed by atoms with Gasteiger partial charge in [-0.15, -0.1) is 0 Å². The summed E-state index contributed by atoms with van der Waals surface area (Å²) < 4.78 is 32.3. The molecule has 1 amide bonds. The molecular formula is C30H32Cl2N6O4S. The molecule has 4 aromatic rings. The lowest BCUT2D eigenvalue weighted by molar-refractivity contribution is 0.0904. The summed E-state index contributed by atoms with van der Waals surface area (Å²) in [5.41, 5.74) is 3.10. The Morgan fingerprint density at radius 2 is 1.79 bits per heavy atom. The van der Waals surface area contributed by atoms with Crippen LogP contribution in [0.1, 0.15) is 47.5 Å². The number of carbonyl (C=O) groups excluding carboxylic acids is 1. The number of sulfone groups is 1. The number of carbonyl (C=O) groups is 1. The molecule has 0 radical (unpaired) electrons. The van der Waals surface area contributed by atoms with E-state index in [1.165, 1.54) is 29.8 Å². The first-order valence-electron chi connectivity index (χ1n) is 14.2. The number of nitrogens with one attached hydrogen (secondary N) is 3. The fraction of sp³-hybridized carbons (Fsp3) is 0.367. The van der Waals surface area contributed by atoms with Crippen LogP contribution in [0.25, 0.3) is 11.0 Å². The highest BCUT2D eigenvalue weighted by atomic mass is 35.5. The lowest BCUT2D eigenvalue weighted by Gasteiger charge is -2.30. The molecule has 2 fully saturated rings. The largest absolute Gasteiger partial charge is 0.381 e. The summed E-state index contributed by atoms with van der Waals surface area (Å²) >= 11 is 12.2. The van der Waals surface area contributed by atoms with Gasteiger partial charge in [-0.05, 0) is 99.8 Å². The van der Waals surface area contributed by atoms with Gasteiger partial charge in [0.1, 0.15) is 5.52 Å². The fourth-order valence-corrected chi connectivity index (χ4v) is 7.58. The van der Waals surface area contributed by atoms with Gasteiger partial charge in [0.05, 0.1) is 21.0 Å². The highest BCUT2D eigenvalue weighted by Gasteiger charge is 2.26. The van der Waals surface area contributed by atoms with Crippen LogP contribution in [0.4, 0.5) is 11.5 Å². The number of benzene rings is 2. The van der Waals surface area contributed by atoms with Gasteiger partial charge in [0.15, 0.2) is 10.8 Å². The van der Waals surface area contributed by atoms with Crippen LogP contribution in [-0.4, -0.2) is 73.8 Å². The highest BCUT2D eigenvalue weighted by Crippen LogP contribution is 2.33. The standard InChI is InChI=1S/C30H32Cl2N6O4S/c1-38-12-8-18(9-13-38)19-2-4-22(25(16-19)33-21-10-14-42-15-11-21)30(39)35-29-28-24(36-37-29)6-7-27(34-28)43(40,41)26-17-20(31)3-5-23(26)32/h2-7,16-18,21,33H,8-15H2,1H3,(H2,35,36,37,39). The molecule has 226 valence electrons. The number of rotatable bonds is 7. The first kappa shape index (κ1) is 29.8. The second kappa shape index (κ2) is 12.4. The summed E-state index contributed by atoms with van der Waals surface area (Å²) in [4.78, 5) is 20.3. The molecule has 10 nitrogen and oxygen atoms in total. The SMILES string of the molecule is CN1CCC(c2ccc(C(=O)Nc3n[nH]c4ccc(S(=O)(=O)c5cc(Cl)ccc5Cl)nc34)c(NC3CCOCC3)c2)CC1. The Morgan fingerprint density at radius 1 is 1.02 bits per heavy atom. The van der Waals surface area contributed by atoms with E-state index in [1.54, 1.807) is 6.07 Å². The molecule has 0 saturated carbocycles. The number of halogens is 2. The van der Waals surface area contributed by atoms with E-state index >= 15 is 0 Å². The zero-order chi connectivity index (χ0) is 30.1. The molecule has 0 atom stereocenters. The number of likely N-dealkylation sites (tertiary alicyclic amines) is 1. The molecule has 4 heterocycles. The maximum atomic E-state index is 13.7. The second-order valence-corrected chi connectivity index (χ2v) is 13.8. The number of ether oxygens (including phenoxy) is 1. The van der Waals surface area contributed by atoms with Crippen molar-refractivity contribution in [3.8, 4) is 0 Å². The zero-order valence-electron chi connectivity index (χ0n) is 23.6. The van der Waals surface area contributed by atoms with E-state index in [4.69, 9.17) is 27.9 Å². The normalized spacial score (nSPS) is 17.3. The molecule has 43 heavy (non-hydrogen) atoms. The van der Waals surface area contributed by atoms with Gasteiger partial charge in [0.25, 0.3) is 5.91 Å². The average molecular weight is 644 g/mol. The van der Waals surface area contributed by atoms with Gasteiger partial charge in [-0.2, -0.15) is 5.10 Å². The molecular weight excluding hydrogens is 611 g/mol. The van der Waals surface area contributed by atoms with E-state index in [0.717, 1.165) is 44.5 Å². The maximum Gasteiger partial charge on any atom is 0.259 e. The second-order valence-electron chi connectivity index (χ2n) is 11.1. The van der Waals surface area contributed by atoms with Crippen molar-refractivity contribution in [2.24, 2.45) is 0 Å². The van der Waals surface area contributed by atoms with E-state index in [2.05, 4.69) is 43.8 Å². The first-order chi connectivity index (χ1) is 20.7. The van der Waals surface area contributed by atoms with Crippen LogP contribution in [-0.2, 0) is 14.6 Å². The van der Waals surface area contributed by atoms with E-state index in [9.17, 15) is 13.2 Å². The van der Waals surface area contributed by atoms with Gasteiger partial charge >= 0.3 is 0 Å². The Hall–Kier alpha value is -3.22. The number of H-pyrrole nitrogens is 1. The fourth-order valence-electron chi connectivity index (χ4n) is 5.63. The molecule has 6 rings (SSSR count). The van der Waals surface area contributed by atoms with E-state index in [-0.39, 0.29) is 43.3 Å². The van der Waals surface area contributed by atoms with Crippen LogP contribution in [0.5, 0.6) is 0 Å². The Labute approximate surface area is 260 Å². The third-order valence-electron chi connectivity index (χ3n) is 8.13. The molecule has 2 aromatic carbocycles. The minimum absolute atomic E-state index is 0.0280. The van der Waals surface area contributed by atoms with Crippen molar-refractivity contribution in [1.29, 1.82) is 0 Å². The quantitative estimate of drug-likeness (QED) is 0.232. The Morgan fingerprint density at radius 3 is 2.56 bits per heavy atom. The van der Waals surface area contributed by atoms with Gasteiger partial charge in [0, 0.05) is 30.0 Å². The zero-order valence-corrected chi connectivity index (χ0v) is 25.9. The molecule has 13 heteroatoms. The Kier molecular flexibility index (Phi) is 8.61. The summed E-state index contributed by atoms with van der Waals surface area (Å²) in [6.07, 6.45) is 3.83. The van der Waals surface area contributed by atoms with Crippen molar-refractivity contribution in [3.63, 3.8) is 0 Å². The summed E-state index contributed by atoms with van der Waals surface area (Å²) in [6, 6.07) is 13.3. The number of hydrogen-bond donors (Lipinski definition) is 3. The molecule has 0 aliphatic carbocycles. The summed E-state index contributed by atoms with van der Waals surface area (Å²) in [7, 11) is -1.97. The minimum Gasteiger partial charge on any atom is -0.381 e. The maximum absolute atomic E-state index is 13.7.